The lowest BCUT2D eigenvalue weighted by Gasteiger charge is -2.07. The number of carbonyl (C=O) groups is 1. The molecular formula is C11H24O2S2. The Hall–Kier alpha value is 0.170. The molecule has 0 aromatic heterocycles. The Bertz CT molecular complexity index is 162. The van der Waals surface area contributed by atoms with Gasteiger partial charge in [-0.25, -0.2) is 0 Å². The zero-order chi connectivity index (χ0) is 12.5. The highest BCUT2D eigenvalue weighted by molar-refractivity contribution is 7.82. The van der Waals surface area contributed by atoms with Crippen molar-refractivity contribution in [1.29, 1.82) is 0 Å². The number of carboxylic acid groups (broad SMARTS) is 1. The number of hydrogen-bond acceptors (Lipinski definition) is 3. The van der Waals surface area contributed by atoms with E-state index in [1.165, 1.54) is 33.1 Å². The summed E-state index contributed by atoms with van der Waals surface area (Å²) in [6, 6.07) is 0. The van der Waals surface area contributed by atoms with Gasteiger partial charge in [0.2, 0.25) is 0 Å². The van der Waals surface area contributed by atoms with Gasteiger partial charge in [0.1, 0.15) is 4.75 Å². The Balaban J connectivity index is 0. The minimum Gasteiger partial charge on any atom is -0.480 e. The van der Waals surface area contributed by atoms with Crippen LogP contribution < -0.4 is 0 Å². The van der Waals surface area contributed by atoms with Crippen LogP contribution in [0.25, 0.3) is 0 Å². The molecule has 15 heavy (non-hydrogen) atoms. The van der Waals surface area contributed by atoms with Gasteiger partial charge in [0.25, 0.3) is 0 Å². The fraction of sp³-hybridized carbons (Fsp3) is 0.909. The SMILES string of the molecule is CC(C)(S)C(=O)O.CC(C)CCCCS. The molecule has 4 heteroatoms. The molecule has 0 radical (unpaired) electrons. The van der Waals surface area contributed by atoms with Gasteiger partial charge in [0, 0.05) is 0 Å². The van der Waals surface area contributed by atoms with Gasteiger partial charge in [-0.1, -0.05) is 26.7 Å². The first-order valence-electron chi connectivity index (χ1n) is 5.28. The molecule has 0 fully saturated rings. The predicted octanol–water partition coefficient (Wildman–Crippen LogP) is 3.52. The van der Waals surface area contributed by atoms with Crippen LogP contribution in [-0.4, -0.2) is 21.6 Å². The molecule has 0 amide bonds. The van der Waals surface area contributed by atoms with Crippen molar-refractivity contribution in [2.75, 3.05) is 5.75 Å². The van der Waals surface area contributed by atoms with Gasteiger partial charge in [-0.05, 0) is 31.9 Å². The zero-order valence-electron chi connectivity index (χ0n) is 10.2. The van der Waals surface area contributed by atoms with E-state index >= 15 is 0 Å². The molecule has 0 unspecified atom stereocenters. The number of hydrogen-bond donors (Lipinski definition) is 3. The van der Waals surface area contributed by atoms with Crippen LogP contribution in [-0.2, 0) is 4.79 Å². The lowest BCUT2D eigenvalue weighted by atomic mass is 10.1. The molecule has 92 valence electrons. The molecule has 0 saturated carbocycles. The summed E-state index contributed by atoms with van der Waals surface area (Å²) in [5.74, 6) is 1.03. The number of unbranched alkanes of at least 4 members (excludes halogenated alkanes) is 1. The number of carboxylic acids is 1. The number of thiol groups is 2. The van der Waals surface area contributed by atoms with Crippen LogP contribution in [0.2, 0.25) is 0 Å². The molecule has 0 aliphatic rings. The van der Waals surface area contributed by atoms with Crippen LogP contribution in [0.1, 0.15) is 47.0 Å². The number of aliphatic carboxylic acids is 1. The maximum absolute atomic E-state index is 9.94. The predicted molar refractivity (Wildman–Crippen MR) is 73.2 cm³/mol. The van der Waals surface area contributed by atoms with Crippen molar-refractivity contribution in [3.63, 3.8) is 0 Å². The van der Waals surface area contributed by atoms with Gasteiger partial charge in [-0.15, -0.1) is 0 Å². The van der Waals surface area contributed by atoms with Crippen molar-refractivity contribution >= 4 is 31.2 Å². The lowest BCUT2D eigenvalue weighted by Crippen LogP contribution is -2.23. The first-order chi connectivity index (χ1) is 6.71. The molecule has 0 atom stereocenters. The molecule has 0 aliphatic heterocycles. The zero-order valence-corrected chi connectivity index (χ0v) is 11.9. The van der Waals surface area contributed by atoms with Crippen molar-refractivity contribution in [3.8, 4) is 0 Å². The Labute approximate surface area is 105 Å². The van der Waals surface area contributed by atoms with Gasteiger partial charge in [0.05, 0.1) is 0 Å². The highest BCUT2D eigenvalue weighted by atomic mass is 32.1. The Morgan fingerprint density at radius 3 is 1.93 bits per heavy atom. The van der Waals surface area contributed by atoms with Crippen LogP contribution in [0.4, 0.5) is 0 Å². The van der Waals surface area contributed by atoms with E-state index in [2.05, 4.69) is 39.1 Å². The summed E-state index contributed by atoms with van der Waals surface area (Å²) >= 11 is 7.87. The molecule has 0 saturated heterocycles. The normalized spacial score (nSPS) is 10.9. The Kier molecular flexibility index (Phi) is 11.0. The van der Waals surface area contributed by atoms with E-state index < -0.39 is 10.7 Å². The summed E-state index contributed by atoms with van der Waals surface area (Å²) in [5, 5.41) is 8.17. The fourth-order valence-corrected chi connectivity index (χ4v) is 0.888. The molecule has 1 N–H and O–H groups in total. The largest absolute Gasteiger partial charge is 0.480 e. The van der Waals surface area contributed by atoms with Crippen LogP contribution in [0, 0.1) is 5.92 Å². The summed E-state index contributed by atoms with van der Waals surface area (Å²) in [4.78, 5) is 9.94. The maximum Gasteiger partial charge on any atom is 0.318 e. The van der Waals surface area contributed by atoms with Gasteiger partial charge in [-0.3, -0.25) is 4.79 Å². The molecule has 0 spiro atoms. The third-order valence-electron chi connectivity index (χ3n) is 1.71. The first-order valence-corrected chi connectivity index (χ1v) is 6.36. The minimum atomic E-state index is -0.893. The molecule has 2 nitrogen and oxygen atoms in total. The highest BCUT2D eigenvalue weighted by Crippen LogP contribution is 2.10. The Morgan fingerprint density at radius 2 is 1.73 bits per heavy atom. The third kappa shape index (κ3) is 16.8. The van der Waals surface area contributed by atoms with Crippen LogP contribution in [0.15, 0.2) is 0 Å². The summed E-state index contributed by atoms with van der Waals surface area (Å²) in [6.07, 6.45) is 3.99. The average Bonchev–Trinajstić information content (AvgIpc) is 2.03. The second-order valence-corrected chi connectivity index (χ2v) is 6.04. The quantitative estimate of drug-likeness (QED) is 0.517. The van der Waals surface area contributed by atoms with E-state index in [-0.39, 0.29) is 0 Å². The summed E-state index contributed by atoms with van der Waals surface area (Å²) in [7, 11) is 0. The fourth-order valence-electron chi connectivity index (χ4n) is 0.664. The van der Waals surface area contributed by atoms with Gasteiger partial charge >= 0.3 is 5.97 Å². The Morgan fingerprint density at radius 1 is 1.33 bits per heavy atom. The van der Waals surface area contributed by atoms with Crippen molar-refractivity contribution in [2.24, 2.45) is 5.92 Å². The molecule has 0 heterocycles. The second-order valence-electron chi connectivity index (χ2n) is 4.48. The van der Waals surface area contributed by atoms with E-state index in [1.807, 2.05) is 0 Å². The molecular weight excluding hydrogens is 228 g/mol. The molecule has 0 aromatic rings. The van der Waals surface area contributed by atoms with E-state index in [0.717, 1.165) is 11.7 Å². The molecule has 0 bridgehead atoms. The van der Waals surface area contributed by atoms with Gasteiger partial charge in [-0.2, -0.15) is 25.3 Å². The van der Waals surface area contributed by atoms with E-state index in [4.69, 9.17) is 5.11 Å². The smallest absolute Gasteiger partial charge is 0.318 e. The summed E-state index contributed by atoms with van der Waals surface area (Å²) in [6.45, 7) is 7.58. The minimum absolute atomic E-state index is 0.870. The standard InChI is InChI=1S/C7H16S.C4H8O2S/c1-7(2)5-3-4-6-8;1-4(2,7)3(5)6/h7-8H,3-6H2,1-2H3;7H,1-2H3,(H,5,6). The average molecular weight is 252 g/mol. The third-order valence-corrected chi connectivity index (χ3v) is 2.22. The molecule has 0 aliphatic carbocycles. The van der Waals surface area contributed by atoms with E-state index in [0.29, 0.717) is 0 Å². The van der Waals surface area contributed by atoms with Crippen molar-refractivity contribution in [2.45, 2.75) is 51.7 Å². The van der Waals surface area contributed by atoms with Crippen LogP contribution in [0.5, 0.6) is 0 Å². The monoisotopic (exact) mass is 252 g/mol. The molecule has 0 rings (SSSR count). The molecule has 0 aromatic carbocycles. The highest BCUT2D eigenvalue weighted by Gasteiger charge is 2.20. The van der Waals surface area contributed by atoms with E-state index in [9.17, 15) is 4.79 Å². The first kappa shape index (κ1) is 17.6. The lowest BCUT2D eigenvalue weighted by molar-refractivity contribution is -0.138. The van der Waals surface area contributed by atoms with Crippen LogP contribution in [0.3, 0.4) is 0 Å². The van der Waals surface area contributed by atoms with Crippen molar-refractivity contribution in [3.05, 3.63) is 0 Å². The summed E-state index contributed by atoms with van der Waals surface area (Å²) in [5.41, 5.74) is 0. The van der Waals surface area contributed by atoms with Crippen LogP contribution >= 0.6 is 25.3 Å². The van der Waals surface area contributed by atoms with E-state index in [1.54, 1.807) is 0 Å². The van der Waals surface area contributed by atoms with Gasteiger partial charge in [0.15, 0.2) is 0 Å². The summed E-state index contributed by atoms with van der Waals surface area (Å²) < 4.78 is -0.889. The maximum atomic E-state index is 9.94. The number of rotatable bonds is 5. The van der Waals surface area contributed by atoms with Crippen molar-refractivity contribution < 1.29 is 9.90 Å². The second kappa shape index (κ2) is 9.40. The van der Waals surface area contributed by atoms with Gasteiger partial charge < -0.3 is 5.11 Å². The van der Waals surface area contributed by atoms with Crippen molar-refractivity contribution in [1.82, 2.24) is 0 Å². The topological polar surface area (TPSA) is 37.3 Å².